The topological polar surface area (TPSA) is 58.2 Å². The molecule has 4 nitrogen and oxygen atoms in total. The molecule has 0 radical (unpaired) electrons. The molecule has 1 aromatic rings. The van der Waals surface area contributed by atoms with Crippen molar-refractivity contribution in [1.29, 1.82) is 0 Å². The van der Waals surface area contributed by atoms with Gasteiger partial charge < -0.3 is 10.6 Å². The molecule has 0 aliphatic heterocycles. The van der Waals surface area contributed by atoms with Crippen LogP contribution in [0.2, 0.25) is 0 Å². The van der Waals surface area contributed by atoms with Crippen molar-refractivity contribution in [2.24, 2.45) is 5.92 Å². The van der Waals surface area contributed by atoms with Crippen LogP contribution in [0.5, 0.6) is 0 Å². The molecule has 1 aromatic carbocycles. The number of benzene rings is 1. The normalized spacial score (nSPS) is 18.9. The molecule has 0 bridgehead atoms. The van der Waals surface area contributed by atoms with E-state index in [1.165, 1.54) is 6.92 Å². The summed E-state index contributed by atoms with van der Waals surface area (Å²) < 4.78 is 0. The zero-order valence-electron chi connectivity index (χ0n) is 12.6. The SMILES string of the molecule is CC(=O)Nc1cccc(C(C)NC(=O)C2CC=CCC2)c1. The molecule has 2 atom stereocenters. The molecule has 1 aliphatic carbocycles. The Morgan fingerprint density at radius 1 is 1.29 bits per heavy atom. The van der Waals surface area contributed by atoms with Crippen molar-refractivity contribution in [1.82, 2.24) is 5.32 Å². The number of carbonyl (C=O) groups excluding carboxylic acids is 2. The van der Waals surface area contributed by atoms with Crippen LogP contribution in [0.4, 0.5) is 5.69 Å². The first kappa shape index (κ1) is 15.3. The fraction of sp³-hybridized carbons (Fsp3) is 0.412. The number of rotatable bonds is 4. The van der Waals surface area contributed by atoms with Crippen molar-refractivity contribution in [3.63, 3.8) is 0 Å². The number of nitrogens with one attached hydrogen (secondary N) is 2. The largest absolute Gasteiger partial charge is 0.349 e. The molecule has 2 amide bonds. The highest BCUT2D eigenvalue weighted by Crippen LogP contribution is 2.21. The molecular formula is C17H22N2O2. The maximum atomic E-state index is 12.2. The first-order chi connectivity index (χ1) is 10.1. The fourth-order valence-electron chi connectivity index (χ4n) is 2.54. The van der Waals surface area contributed by atoms with Gasteiger partial charge in [-0.3, -0.25) is 9.59 Å². The molecule has 4 heteroatoms. The van der Waals surface area contributed by atoms with Crippen molar-refractivity contribution >= 4 is 17.5 Å². The van der Waals surface area contributed by atoms with E-state index in [2.05, 4.69) is 22.8 Å². The smallest absolute Gasteiger partial charge is 0.223 e. The van der Waals surface area contributed by atoms with E-state index in [-0.39, 0.29) is 23.8 Å². The third-order valence-corrected chi connectivity index (χ3v) is 3.71. The van der Waals surface area contributed by atoms with E-state index in [1.807, 2.05) is 31.2 Å². The molecule has 0 fully saturated rings. The predicted molar refractivity (Wildman–Crippen MR) is 83.8 cm³/mol. The van der Waals surface area contributed by atoms with Crippen molar-refractivity contribution in [2.75, 3.05) is 5.32 Å². The molecule has 0 spiro atoms. The number of anilines is 1. The summed E-state index contributed by atoms with van der Waals surface area (Å²) in [6, 6.07) is 7.50. The summed E-state index contributed by atoms with van der Waals surface area (Å²) in [6.07, 6.45) is 6.93. The molecule has 2 N–H and O–H groups in total. The molecule has 0 saturated heterocycles. The number of allylic oxidation sites excluding steroid dienone is 2. The Labute approximate surface area is 125 Å². The molecule has 0 aromatic heterocycles. The quantitative estimate of drug-likeness (QED) is 0.835. The van der Waals surface area contributed by atoms with E-state index in [0.717, 1.165) is 30.5 Å². The predicted octanol–water partition coefficient (Wildman–Crippen LogP) is 3.18. The highest BCUT2D eigenvalue weighted by molar-refractivity contribution is 5.88. The second-order valence-corrected chi connectivity index (χ2v) is 5.52. The van der Waals surface area contributed by atoms with Gasteiger partial charge in [-0.15, -0.1) is 0 Å². The van der Waals surface area contributed by atoms with Gasteiger partial charge in [0.05, 0.1) is 6.04 Å². The van der Waals surface area contributed by atoms with Gasteiger partial charge in [0.25, 0.3) is 0 Å². The Bertz CT molecular complexity index is 551. The lowest BCUT2D eigenvalue weighted by molar-refractivity contribution is -0.125. The third kappa shape index (κ3) is 4.45. The van der Waals surface area contributed by atoms with Gasteiger partial charge in [0.15, 0.2) is 0 Å². The van der Waals surface area contributed by atoms with Gasteiger partial charge in [-0.2, -0.15) is 0 Å². The van der Waals surface area contributed by atoms with Crippen LogP contribution >= 0.6 is 0 Å². The van der Waals surface area contributed by atoms with Gasteiger partial charge in [0.2, 0.25) is 11.8 Å². The third-order valence-electron chi connectivity index (χ3n) is 3.71. The Morgan fingerprint density at radius 3 is 2.76 bits per heavy atom. The van der Waals surface area contributed by atoms with Crippen LogP contribution in [0.1, 0.15) is 44.7 Å². The van der Waals surface area contributed by atoms with Gasteiger partial charge in [0, 0.05) is 18.5 Å². The number of amides is 2. The van der Waals surface area contributed by atoms with Crippen LogP contribution in [-0.4, -0.2) is 11.8 Å². The van der Waals surface area contributed by atoms with Gasteiger partial charge >= 0.3 is 0 Å². The van der Waals surface area contributed by atoms with E-state index in [9.17, 15) is 9.59 Å². The molecule has 2 unspecified atom stereocenters. The first-order valence-corrected chi connectivity index (χ1v) is 7.39. The molecule has 21 heavy (non-hydrogen) atoms. The van der Waals surface area contributed by atoms with Crippen molar-refractivity contribution in [2.45, 2.75) is 39.2 Å². The van der Waals surface area contributed by atoms with Crippen LogP contribution in [0, 0.1) is 5.92 Å². The Kier molecular flexibility index (Phi) is 5.14. The van der Waals surface area contributed by atoms with Crippen molar-refractivity contribution < 1.29 is 9.59 Å². The monoisotopic (exact) mass is 286 g/mol. The van der Waals surface area contributed by atoms with E-state index >= 15 is 0 Å². The molecule has 2 rings (SSSR count). The molecule has 1 aliphatic rings. The minimum atomic E-state index is -0.0992. The van der Waals surface area contributed by atoms with Gasteiger partial charge in [-0.25, -0.2) is 0 Å². The maximum absolute atomic E-state index is 12.2. The summed E-state index contributed by atoms with van der Waals surface area (Å²) in [4.78, 5) is 23.3. The van der Waals surface area contributed by atoms with Crippen LogP contribution in [-0.2, 0) is 9.59 Å². The fourth-order valence-corrected chi connectivity index (χ4v) is 2.54. The highest BCUT2D eigenvalue weighted by atomic mass is 16.2. The zero-order valence-corrected chi connectivity index (χ0v) is 12.6. The second-order valence-electron chi connectivity index (χ2n) is 5.52. The van der Waals surface area contributed by atoms with Crippen LogP contribution in [0.25, 0.3) is 0 Å². The molecular weight excluding hydrogens is 264 g/mol. The van der Waals surface area contributed by atoms with E-state index in [4.69, 9.17) is 0 Å². The number of hydrogen-bond acceptors (Lipinski definition) is 2. The lowest BCUT2D eigenvalue weighted by Crippen LogP contribution is -2.33. The number of hydrogen-bond donors (Lipinski definition) is 2. The summed E-state index contributed by atoms with van der Waals surface area (Å²) in [6.45, 7) is 3.44. The van der Waals surface area contributed by atoms with Crippen molar-refractivity contribution in [3.8, 4) is 0 Å². The summed E-state index contributed by atoms with van der Waals surface area (Å²) in [7, 11) is 0. The summed E-state index contributed by atoms with van der Waals surface area (Å²) in [5.74, 6) is 0.0885. The van der Waals surface area contributed by atoms with E-state index < -0.39 is 0 Å². The maximum Gasteiger partial charge on any atom is 0.223 e. The Hall–Kier alpha value is -2.10. The number of carbonyl (C=O) groups is 2. The first-order valence-electron chi connectivity index (χ1n) is 7.39. The molecule has 0 saturated carbocycles. The van der Waals surface area contributed by atoms with E-state index in [0.29, 0.717) is 0 Å². The van der Waals surface area contributed by atoms with Gasteiger partial charge in [0.1, 0.15) is 0 Å². The van der Waals surface area contributed by atoms with Crippen LogP contribution in [0.15, 0.2) is 36.4 Å². The highest BCUT2D eigenvalue weighted by Gasteiger charge is 2.20. The van der Waals surface area contributed by atoms with Crippen molar-refractivity contribution in [3.05, 3.63) is 42.0 Å². The summed E-state index contributed by atoms with van der Waals surface area (Å²) in [5, 5.41) is 5.82. The van der Waals surface area contributed by atoms with Gasteiger partial charge in [-0.1, -0.05) is 24.3 Å². The standard InChI is InChI=1S/C17H22N2O2/c1-12(18-17(21)14-7-4-3-5-8-14)15-9-6-10-16(11-15)19-13(2)20/h3-4,6,9-12,14H,5,7-8H2,1-2H3,(H,18,21)(H,19,20). The van der Waals surface area contributed by atoms with Gasteiger partial charge in [-0.05, 0) is 43.9 Å². The Balaban J connectivity index is 1.99. The second kappa shape index (κ2) is 7.07. The van der Waals surface area contributed by atoms with Crippen LogP contribution in [0.3, 0.4) is 0 Å². The summed E-state index contributed by atoms with van der Waals surface area (Å²) in [5.41, 5.74) is 1.74. The average molecular weight is 286 g/mol. The summed E-state index contributed by atoms with van der Waals surface area (Å²) >= 11 is 0. The molecule has 0 heterocycles. The molecule has 112 valence electrons. The minimum absolute atomic E-state index is 0.0721. The average Bonchev–Trinajstić information content (AvgIpc) is 2.47. The van der Waals surface area contributed by atoms with Crippen LogP contribution < -0.4 is 10.6 Å². The lowest BCUT2D eigenvalue weighted by atomic mass is 9.93. The van der Waals surface area contributed by atoms with E-state index in [1.54, 1.807) is 0 Å². The Morgan fingerprint density at radius 2 is 2.10 bits per heavy atom. The zero-order chi connectivity index (χ0) is 15.2. The lowest BCUT2D eigenvalue weighted by Gasteiger charge is -2.21. The minimum Gasteiger partial charge on any atom is -0.349 e.